The van der Waals surface area contributed by atoms with Gasteiger partial charge in [-0.2, -0.15) is 0 Å². The first-order valence-corrected chi connectivity index (χ1v) is 6.02. The summed E-state index contributed by atoms with van der Waals surface area (Å²) in [5.41, 5.74) is -0.0280. The average Bonchev–Trinajstić information content (AvgIpc) is 2.30. The molecule has 4 heteroatoms. The van der Waals surface area contributed by atoms with E-state index in [1.165, 1.54) is 0 Å². The minimum absolute atomic E-state index is 0.0271. The van der Waals surface area contributed by atoms with E-state index in [9.17, 15) is 4.79 Å². The Hall–Kier alpha value is -0.610. The molecular formula is C12H25N3O. The Morgan fingerprint density at radius 2 is 2.06 bits per heavy atom. The molecule has 1 aliphatic heterocycles. The fraction of sp³-hybridized carbons (Fsp3) is 0.917. The lowest BCUT2D eigenvalue weighted by molar-refractivity contribution is -0.137. The highest BCUT2D eigenvalue weighted by Crippen LogP contribution is 2.24. The van der Waals surface area contributed by atoms with Crippen molar-refractivity contribution >= 4 is 5.91 Å². The van der Waals surface area contributed by atoms with Crippen LogP contribution in [0.3, 0.4) is 0 Å². The van der Waals surface area contributed by atoms with Crippen molar-refractivity contribution in [3.63, 3.8) is 0 Å². The van der Waals surface area contributed by atoms with Crippen LogP contribution < -0.4 is 5.32 Å². The van der Waals surface area contributed by atoms with Gasteiger partial charge in [0.15, 0.2) is 0 Å². The lowest BCUT2D eigenvalue weighted by Gasteiger charge is -2.34. The van der Waals surface area contributed by atoms with Crippen LogP contribution in [0.2, 0.25) is 0 Å². The van der Waals surface area contributed by atoms with Gasteiger partial charge in [0.1, 0.15) is 0 Å². The summed E-state index contributed by atoms with van der Waals surface area (Å²) in [6, 6.07) is 0.0271. The average molecular weight is 227 g/mol. The van der Waals surface area contributed by atoms with Crippen LogP contribution in [0.4, 0.5) is 0 Å². The standard InChI is InChI=1S/C12H25N3O/c1-12(2)7-9-14(4)10(6-8-13-3)11(16)15(12)5/h10,13H,6-9H2,1-5H3. The first kappa shape index (κ1) is 13.5. The van der Waals surface area contributed by atoms with Crippen LogP contribution in [0.1, 0.15) is 26.7 Å². The van der Waals surface area contributed by atoms with Gasteiger partial charge in [-0.25, -0.2) is 0 Å². The summed E-state index contributed by atoms with van der Waals surface area (Å²) >= 11 is 0. The highest BCUT2D eigenvalue weighted by molar-refractivity contribution is 5.82. The van der Waals surface area contributed by atoms with Crippen molar-refractivity contribution in [2.45, 2.75) is 38.3 Å². The van der Waals surface area contributed by atoms with Crippen molar-refractivity contribution in [3.8, 4) is 0 Å². The molecule has 0 aliphatic carbocycles. The topological polar surface area (TPSA) is 35.6 Å². The smallest absolute Gasteiger partial charge is 0.240 e. The Kier molecular flexibility index (Phi) is 4.33. The molecule has 94 valence electrons. The summed E-state index contributed by atoms with van der Waals surface area (Å²) in [4.78, 5) is 16.4. The second-order valence-electron chi connectivity index (χ2n) is 5.35. The molecular weight excluding hydrogens is 202 g/mol. The van der Waals surface area contributed by atoms with Crippen LogP contribution in [-0.2, 0) is 4.79 Å². The first-order chi connectivity index (χ1) is 7.40. The van der Waals surface area contributed by atoms with E-state index in [4.69, 9.17) is 0 Å². The number of nitrogens with one attached hydrogen (secondary N) is 1. The van der Waals surface area contributed by atoms with Crippen molar-refractivity contribution < 1.29 is 4.79 Å². The molecule has 0 bridgehead atoms. The molecule has 1 saturated heterocycles. The fourth-order valence-electron chi connectivity index (χ4n) is 2.11. The van der Waals surface area contributed by atoms with Crippen molar-refractivity contribution in [1.82, 2.24) is 15.1 Å². The van der Waals surface area contributed by atoms with E-state index in [1.807, 2.05) is 26.0 Å². The second kappa shape index (κ2) is 5.15. The Balaban J connectivity index is 2.80. The minimum Gasteiger partial charge on any atom is -0.339 e. The molecule has 0 aromatic heterocycles. The van der Waals surface area contributed by atoms with Crippen LogP contribution in [0, 0.1) is 0 Å². The molecule has 4 nitrogen and oxygen atoms in total. The number of hydrogen-bond donors (Lipinski definition) is 1. The maximum atomic E-state index is 12.3. The number of likely N-dealkylation sites (N-methyl/N-ethyl adjacent to an activating group) is 2. The summed E-state index contributed by atoms with van der Waals surface area (Å²) in [7, 11) is 5.90. The zero-order valence-electron chi connectivity index (χ0n) is 11.2. The molecule has 1 N–H and O–H groups in total. The van der Waals surface area contributed by atoms with Crippen molar-refractivity contribution in [2.75, 3.05) is 34.2 Å². The Labute approximate surface area is 99.0 Å². The van der Waals surface area contributed by atoms with E-state index < -0.39 is 0 Å². The molecule has 0 aromatic carbocycles. The monoisotopic (exact) mass is 227 g/mol. The molecule has 0 spiro atoms. The molecule has 1 fully saturated rings. The maximum absolute atomic E-state index is 12.3. The zero-order valence-corrected chi connectivity index (χ0v) is 11.2. The van der Waals surface area contributed by atoms with Crippen LogP contribution in [-0.4, -0.2) is 61.5 Å². The zero-order chi connectivity index (χ0) is 12.3. The van der Waals surface area contributed by atoms with E-state index in [-0.39, 0.29) is 17.5 Å². The normalized spacial score (nSPS) is 26.9. The van der Waals surface area contributed by atoms with Crippen LogP contribution >= 0.6 is 0 Å². The van der Waals surface area contributed by atoms with Crippen molar-refractivity contribution in [3.05, 3.63) is 0 Å². The summed E-state index contributed by atoms with van der Waals surface area (Å²) in [6.45, 7) is 6.14. The lowest BCUT2D eigenvalue weighted by Crippen LogP contribution is -2.49. The first-order valence-electron chi connectivity index (χ1n) is 6.02. The molecule has 1 amide bonds. The number of rotatable bonds is 3. The van der Waals surface area contributed by atoms with Crippen molar-refractivity contribution in [2.24, 2.45) is 0 Å². The maximum Gasteiger partial charge on any atom is 0.240 e. The number of nitrogens with zero attached hydrogens (tertiary/aromatic N) is 2. The van der Waals surface area contributed by atoms with Gasteiger partial charge in [0.25, 0.3) is 0 Å². The highest BCUT2D eigenvalue weighted by Gasteiger charge is 2.37. The molecule has 0 aromatic rings. The third kappa shape index (κ3) is 2.74. The Morgan fingerprint density at radius 3 is 2.62 bits per heavy atom. The van der Waals surface area contributed by atoms with Gasteiger partial charge in [-0.15, -0.1) is 0 Å². The van der Waals surface area contributed by atoms with E-state index in [1.54, 1.807) is 0 Å². The van der Waals surface area contributed by atoms with Crippen LogP contribution in [0.25, 0.3) is 0 Å². The fourth-order valence-corrected chi connectivity index (χ4v) is 2.11. The number of carbonyl (C=O) groups excluding carboxylic acids is 1. The SMILES string of the molecule is CNCCC1C(=O)N(C)C(C)(C)CCN1C. The Bertz CT molecular complexity index is 253. The predicted octanol–water partition coefficient (Wildman–Crippen LogP) is 0.537. The molecule has 0 radical (unpaired) electrons. The van der Waals surface area contributed by atoms with Crippen LogP contribution in [0.15, 0.2) is 0 Å². The minimum atomic E-state index is -0.0280. The van der Waals surface area contributed by atoms with E-state index in [0.717, 1.165) is 25.9 Å². The van der Waals surface area contributed by atoms with Gasteiger partial charge in [-0.3, -0.25) is 9.69 Å². The molecule has 1 rings (SSSR count). The molecule has 1 atom stereocenters. The predicted molar refractivity (Wildman–Crippen MR) is 66.4 cm³/mol. The highest BCUT2D eigenvalue weighted by atomic mass is 16.2. The summed E-state index contributed by atoms with van der Waals surface area (Å²) in [5, 5.41) is 3.11. The molecule has 1 aliphatic rings. The van der Waals surface area contributed by atoms with Gasteiger partial charge in [0.2, 0.25) is 5.91 Å². The summed E-state index contributed by atoms with van der Waals surface area (Å²) in [6.07, 6.45) is 1.91. The number of hydrogen-bond acceptors (Lipinski definition) is 3. The van der Waals surface area contributed by atoms with Crippen molar-refractivity contribution in [1.29, 1.82) is 0 Å². The number of carbonyl (C=O) groups is 1. The van der Waals surface area contributed by atoms with E-state index >= 15 is 0 Å². The third-order valence-corrected chi connectivity index (χ3v) is 3.80. The molecule has 16 heavy (non-hydrogen) atoms. The van der Waals surface area contributed by atoms with Gasteiger partial charge in [0.05, 0.1) is 6.04 Å². The lowest BCUT2D eigenvalue weighted by atomic mass is 9.99. The second-order valence-corrected chi connectivity index (χ2v) is 5.35. The van der Waals surface area contributed by atoms with E-state index in [0.29, 0.717) is 0 Å². The van der Waals surface area contributed by atoms with Gasteiger partial charge in [-0.1, -0.05) is 0 Å². The third-order valence-electron chi connectivity index (χ3n) is 3.80. The van der Waals surface area contributed by atoms with Gasteiger partial charge >= 0.3 is 0 Å². The summed E-state index contributed by atoms with van der Waals surface area (Å²) in [5.74, 6) is 0.250. The molecule has 1 unspecified atom stereocenters. The van der Waals surface area contributed by atoms with Crippen LogP contribution in [0.5, 0.6) is 0 Å². The van der Waals surface area contributed by atoms with E-state index in [2.05, 4.69) is 24.1 Å². The quantitative estimate of drug-likeness (QED) is 0.764. The summed E-state index contributed by atoms with van der Waals surface area (Å²) < 4.78 is 0. The molecule has 1 heterocycles. The molecule has 0 saturated carbocycles. The largest absolute Gasteiger partial charge is 0.339 e. The Morgan fingerprint density at radius 1 is 1.44 bits per heavy atom. The van der Waals surface area contributed by atoms with Gasteiger partial charge in [0, 0.05) is 19.1 Å². The van der Waals surface area contributed by atoms with Gasteiger partial charge in [-0.05, 0) is 47.3 Å². The number of amides is 1. The van der Waals surface area contributed by atoms with Gasteiger partial charge < -0.3 is 10.2 Å².